The van der Waals surface area contributed by atoms with Crippen LogP contribution in [0, 0.1) is 0 Å². The quantitative estimate of drug-likeness (QED) is 0.737. The first-order valence-electron chi connectivity index (χ1n) is 7.13. The van der Waals surface area contributed by atoms with E-state index in [9.17, 15) is 22.8 Å². The number of carbonyl (C=O) groups excluding carboxylic acids is 2. The molecule has 0 fully saturated rings. The second kappa shape index (κ2) is 7.65. The van der Waals surface area contributed by atoms with Crippen molar-refractivity contribution in [1.82, 2.24) is 0 Å². The van der Waals surface area contributed by atoms with E-state index in [1.807, 2.05) is 0 Å². The third kappa shape index (κ3) is 3.75. The van der Waals surface area contributed by atoms with Gasteiger partial charge in [0.15, 0.2) is 0 Å². The van der Waals surface area contributed by atoms with Crippen molar-refractivity contribution in [3.8, 4) is 0 Å². The van der Waals surface area contributed by atoms with Gasteiger partial charge in [0.1, 0.15) is 5.70 Å². The average Bonchev–Trinajstić information content (AvgIpc) is 2.82. The molecule has 0 amide bonds. The van der Waals surface area contributed by atoms with Crippen molar-refractivity contribution in [2.75, 3.05) is 19.1 Å². The Hall–Kier alpha value is -2.74. The lowest BCUT2D eigenvalue weighted by atomic mass is 10.1. The van der Waals surface area contributed by atoms with Gasteiger partial charge in [0.2, 0.25) is 0 Å². The lowest BCUT2D eigenvalue weighted by Gasteiger charge is -2.27. The Morgan fingerprint density at radius 3 is 2.31 bits per heavy atom. The van der Waals surface area contributed by atoms with E-state index >= 15 is 0 Å². The molecule has 1 aliphatic rings. The first kappa shape index (κ1) is 19.6. The second-order valence-electron chi connectivity index (χ2n) is 4.95. The summed E-state index contributed by atoms with van der Waals surface area (Å²) >= 11 is 6.01. The molecule has 0 unspecified atom stereocenters. The molecule has 9 heteroatoms. The number of para-hydroxylation sites is 1. The molecule has 138 valence electrons. The zero-order valence-electron chi connectivity index (χ0n) is 13.6. The van der Waals surface area contributed by atoms with E-state index in [1.165, 1.54) is 30.5 Å². The summed E-state index contributed by atoms with van der Waals surface area (Å²) in [7, 11) is 2.12. The van der Waals surface area contributed by atoms with Crippen LogP contribution in [0.1, 0.15) is 5.56 Å². The van der Waals surface area contributed by atoms with Crippen LogP contribution >= 0.6 is 11.6 Å². The smallest absolute Gasteiger partial charge is 0.418 e. The van der Waals surface area contributed by atoms with E-state index in [1.54, 1.807) is 0 Å². The molecule has 2 rings (SSSR count). The maximum absolute atomic E-state index is 13.5. The Bertz CT molecular complexity index is 828. The first-order chi connectivity index (χ1) is 12.2. The van der Waals surface area contributed by atoms with Gasteiger partial charge in [0.25, 0.3) is 0 Å². The van der Waals surface area contributed by atoms with Crippen molar-refractivity contribution >= 4 is 29.2 Å². The number of ether oxygens (including phenoxy) is 2. The van der Waals surface area contributed by atoms with Crippen molar-refractivity contribution in [3.63, 3.8) is 0 Å². The highest BCUT2D eigenvalue weighted by Crippen LogP contribution is 2.42. The Kier molecular flexibility index (Phi) is 5.76. The minimum absolute atomic E-state index is 0.267. The summed E-state index contributed by atoms with van der Waals surface area (Å²) in [6.07, 6.45) is 0.385. The van der Waals surface area contributed by atoms with Crippen molar-refractivity contribution in [2.45, 2.75) is 6.18 Å². The van der Waals surface area contributed by atoms with Gasteiger partial charge < -0.3 is 14.4 Å². The van der Waals surface area contributed by atoms with Gasteiger partial charge in [-0.3, -0.25) is 0 Å². The van der Waals surface area contributed by atoms with E-state index in [4.69, 9.17) is 11.6 Å². The molecule has 26 heavy (non-hydrogen) atoms. The number of carbonyl (C=O) groups is 2. The summed E-state index contributed by atoms with van der Waals surface area (Å²) in [5, 5.41) is -0.267. The predicted molar refractivity (Wildman–Crippen MR) is 88.3 cm³/mol. The number of rotatable bonds is 3. The number of anilines is 1. The predicted octanol–water partition coefficient (Wildman–Crippen LogP) is 3.85. The normalized spacial score (nSPS) is 14.3. The summed E-state index contributed by atoms with van der Waals surface area (Å²) in [6.45, 7) is 0. The molecule has 1 aromatic rings. The standard InChI is InChI=1S/C17H13ClF3NO4/c1-25-15(23)10-6-3-4-9-22(13(10)16(24)26-2)14-11(17(19,20)21)7-5-8-12(14)18/h3-9H,1-2H3. The van der Waals surface area contributed by atoms with Crippen LogP contribution in [0.3, 0.4) is 0 Å². The summed E-state index contributed by atoms with van der Waals surface area (Å²) in [6, 6.07) is 3.20. The minimum Gasteiger partial charge on any atom is -0.465 e. The Labute approximate surface area is 151 Å². The van der Waals surface area contributed by atoms with Gasteiger partial charge in [-0.15, -0.1) is 0 Å². The third-order valence-corrected chi connectivity index (χ3v) is 3.73. The number of methoxy groups -OCH3 is 2. The molecule has 0 bridgehead atoms. The van der Waals surface area contributed by atoms with Crippen molar-refractivity contribution in [1.29, 1.82) is 0 Å². The van der Waals surface area contributed by atoms with E-state index in [0.29, 0.717) is 0 Å². The number of hydrogen-bond acceptors (Lipinski definition) is 5. The molecule has 0 radical (unpaired) electrons. The van der Waals surface area contributed by atoms with Gasteiger partial charge in [-0.1, -0.05) is 23.7 Å². The van der Waals surface area contributed by atoms with Crippen LogP contribution in [0.15, 0.2) is 53.9 Å². The number of nitrogens with zero attached hydrogens (tertiary/aromatic N) is 1. The van der Waals surface area contributed by atoms with E-state index in [0.717, 1.165) is 31.3 Å². The Morgan fingerprint density at radius 1 is 1.08 bits per heavy atom. The fourth-order valence-electron chi connectivity index (χ4n) is 2.33. The molecule has 0 spiro atoms. The molecule has 0 saturated carbocycles. The van der Waals surface area contributed by atoms with Gasteiger partial charge in [-0.2, -0.15) is 13.2 Å². The van der Waals surface area contributed by atoms with Gasteiger partial charge >= 0.3 is 18.1 Å². The lowest BCUT2D eigenvalue weighted by Crippen LogP contribution is -2.29. The van der Waals surface area contributed by atoms with E-state index in [-0.39, 0.29) is 10.6 Å². The topological polar surface area (TPSA) is 55.8 Å². The SMILES string of the molecule is COC(=O)C1=C(C(=O)OC)N(c2c(Cl)cccc2C(F)(F)F)C=CC=C1. The van der Waals surface area contributed by atoms with Gasteiger partial charge in [0, 0.05) is 6.20 Å². The summed E-state index contributed by atoms with van der Waals surface area (Å²) in [5.41, 5.74) is -2.33. The van der Waals surface area contributed by atoms with Crippen LogP contribution < -0.4 is 4.90 Å². The largest absolute Gasteiger partial charge is 0.465 e. The number of alkyl halides is 3. The van der Waals surface area contributed by atoms with Crippen LogP contribution in [0.2, 0.25) is 5.02 Å². The fraction of sp³-hybridized carbons (Fsp3) is 0.176. The Balaban J connectivity index is 2.83. The number of hydrogen-bond donors (Lipinski definition) is 0. The van der Waals surface area contributed by atoms with Crippen molar-refractivity contribution in [2.24, 2.45) is 0 Å². The fourth-order valence-corrected chi connectivity index (χ4v) is 2.59. The number of halogens is 4. The van der Waals surface area contributed by atoms with Crippen LogP contribution in [-0.4, -0.2) is 26.2 Å². The van der Waals surface area contributed by atoms with Gasteiger partial charge in [0.05, 0.1) is 36.1 Å². The molecule has 0 N–H and O–H groups in total. The number of esters is 2. The zero-order chi connectivity index (χ0) is 19.5. The number of benzene rings is 1. The van der Waals surface area contributed by atoms with Crippen LogP contribution in [0.5, 0.6) is 0 Å². The molecule has 5 nitrogen and oxygen atoms in total. The minimum atomic E-state index is -4.75. The first-order valence-corrected chi connectivity index (χ1v) is 7.50. The molecule has 1 heterocycles. The highest BCUT2D eigenvalue weighted by atomic mass is 35.5. The highest BCUT2D eigenvalue weighted by Gasteiger charge is 2.38. The van der Waals surface area contributed by atoms with E-state index < -0.39 is 35.1 Å². The molecule has 0 aliphatic carbocycles. The summed E-state index contributed by atoms with van der Waals surface area (Å²) in [5.74, 6) is -1.95. The zero-order valence-corrected chi connectivity index (χ0v) is 14.4. The van der Waals surface area contributed by atoms with Gasteiger partial charge in [-0.25, -0.2) is 9.59 Å². The van der Waals surface area contributed by atoms with Crippen molar-refractivity contribution < 1.29 is 32.2 Å². The molecular formula is C17H13ClF3NO4. The second-order valence-corrected chi connectivity index (χ2v) is 5.36. The maximum atomic E-state index is 13.5. The highest BCUT2D eigenvalue weighted by molar-refractivity contribution is 6.33. The van der Waals surface area contributed by atoms with Crippen LogP contribution in [0.4, 0.5) is 18.9 Å². The number of allylic oxidation sites excluding steroid dienone is 2. The molecule has 1 aliphatic heterocycles. The molecule has 0 saturated heterocycles. The summed E-state index contributed by atoms with van der Waals surface area (Å²) in [4.78, 5) is 25.2. The van der Waals surface area contributed by atoms with Crippen LogP contribution in [0.25, 0.3) is 0 Å². The van der Waals surface area contributed by atoms with E-state index in [2.05, 4.69) is 9.47 Å². The van der Waals surface area contributed by atoms with Gasteiger partial charge in [-0.05, 0) is 24.3 Å². The lowest BCUT2D eigenvalue weighted by molar-refractivity contribution is -0.139. The summed E-state index contributed by atoms with van der Waals surface area (Å²) < 4.78 is 49.7. The molecule has 1 aromatic carbocycles. The molecule has 0 aromatic heterocycles. The third-order valence-electron chi connectivity index (χ3n) is 3.42. The monoisotopic (exact) mass is 387 g/mol. The van der Waals surface area contributed by atoms with Crippen LogP contribution in [-0.2, 0) is 25.2 Å². The maximum Gasteiger partial charge on any atom is 0.418 e. The Morgan fingerprint density at radius 2 is 1.73 bits per heavy atom. The molecular weight excluding hydrogens is 375 g/mol. The average molecular weight is 388 g/mol. The molecule has 0 atom stereocenters. The van der Waals surface area contributed by atoms with Crippen molar-refractivity contribution in [3.05, 3.63) is 64.5 Å².